The highest BCUT2D eigenvalue weighted by molar-refractivity contribution is 9.10. The number of hydrogen-bond acceptors (Lipinski definition) is 5. The van der Waals surface area contributed by atoms with E-state index >= 15 is 0 Å². The van der Waals surface area contributed by atoms with Crippen molar-refractivity contribution in [1.29, 1.82) is 0 Å². The van der Waals surface area contributed by atoms with Crippen molar-refractivity contribution in [3.05, 3.63) is 116 Å². The van der Waals surface area contributed by atoms with Gasteiger partial charge in [-0.2, -0.15) is 0 Å². The molecule has 2 aliphatic heterocycles. The number of methoxy groups -OCH3 is 2. The average molecular weight is 572 g/mol. The van der Waals surface area contributed by atoms with Crippen molar-refractivity contribution in [3.63, 3.8) is 0 Å². The van der Waals surface area contributed by atoms with E-state index in [1.165, 1.54) is 33.5 Å². The van der Waals surface area contributed by atoms with Crippen molar-refractivity contribution in [3.8, 4) is 11.5 Å². The summed E-state index contributed by atoms with van der Waals surface area (Å²) in [5.74, 6) is 1.73. The fourth-order valence-electron chi connectivity index (χ4n) is 5.23. The van der Waals surface area contributed by atoms with Crippen LogP contribution in [0.3, 0.4) is 0 Å². The lowest BCUT2D eigenvalue weighted by Crippen LogP contribution is -2.34. The van der Waals surface area contributed by atoms with Crippen molar-refractivity contribution >= 4 is 44.6 Å². The minimum Gasteiger partial charge on any atom is -0.497 e. The second-order valence-corrected chi connectivity index (χ2v) is 11.0. The number of hydrogen-bond donors (Lipinski definition) is 0. The van der Waals surface area contributed by atoms with Gasteiger partial charge >= 0.3 is 0 Å². The van der Waals surface area contributed by atoms with E-state index in [-0.39, 0.29) is 6.04 Å². The van der Waals surface area contributed by atoms with Crippen molar-refractivity contribution in [1.82, 2.24) is 4.90 Å². The van der Waals surface area contributed by atoms with Gasteiger partial charge in [-0.25, -0.2) is 4.99 Å². The third-order valence-corrected chi connectivity index (χ3v) is 8.43. The van der Waals surface area contributed by atoms with E-state index in [4.69, 9.17) is 14.5 Å². The fourth-order valence-corrected chi connectivity index (χ4v) is 6.43. The molecule has 6 rings (SSSR count). The first-order chi connectivity index (χ1) is 18.1. The van der Waals surface area contributed by atoms with Crippen LogP contribution in [0.15, 0.2) is 105 Å². The highest BCUT2D eigenvalue weighted by Gasteiger charge is 2.40. The number of nitrogens with zero attached hydrogens (tertiary/aromatic N) is 2. The summed E-state index contributed by atoms with van der Waals surface area (Å²) in [6, 6.07) is 25.4. The molecule has 0 amide bonds. The molecule has 0 N–H and O–H groups in total. The van der Waals surface area contributed by atoms with Gasteiger partial charge in [0.1, 0.15) is 11.5 Å². The van der Waals surface area contributed by atoms with Gasteiger partial charge in [-0.3, -0.25) is 0 Å². The van der Waals surface area contributed by atoms with Crippen LogP contribution in [0, 0.1) is 0 Å². The molecule has 3 aromatic rings. The Kier molecular flexibility index (Phi) is 6.70. The summed E-state index contributed by atoms with van der Waals surface area (Å²) in [5.41, 5.74) is 8.62. The lowest BCUT2D eigenvalue weighted by atomic mass is 9.82. The van der Waals surface area contributed by atoms with Crippen LogP contribution in [0.5, 0.6) is 11.5 Å². The van der Waals surface area contributed by atoms with E-state index in [9.17, 15) is 0 Å². The molecule has 0 radical (unpaired) electrons. The number of ether oxygens (including phenoxy) is 2. The monoisotopic (exact) mass is 570 g/mol. The van der Waals surface area contributed by atoms with Gasteiger partial charge in [0, 0.05) is 9.88 Å². The minimum absolute atomic E-state index is 0.0814. The van der Waals surface area contributed by atoms with Gasteiger partial charge in [0.2, 0.25) is 0 Å². The highest BCUT2D eigenvalue weighted by atomic mass is 79.9. The molecule has 2 heterocycles. The first kappa shape index (κ1) is 24.1. The molecule has 4 nitrogen and oxygen atoms in total. The molecule has 0 unspecified atom stereocenters. The van der Waals surface area contributed by atoms with E-state index in [1.807, 2.05) is 12.1 Å². The molecule has 0 aromatic heterocycles. The van der Waals surface area contributed by atoms with Crippen LogP contribution < -0.4 is 9.47 Å². The molecular formula is C31H27BrN2O2S. The van der Waals surface area contributed by atoms with Gasteiger partial charge in [0.25, 0.3) is 0 Å². The summed E-state index contributed by atoms with van der Waals surface area (Å²) in [5, 5.41) is 3.27. The van der Waals surface area contributed by atoms with Crippen LogP contribution in [0.1, 0.15) is 42.0 Å². The average Bonchev–Trinajstić information content (AvgIpc) is 3.36. The maximum Gasteiger partial charge on any atom is 0.174 e. The Labute approximate surface area is 230 Å². The summed E-state index contributed by atoms with van der Waals surface area (Å²) in [4.78, 5) is 7.71. The lowest BCUT2D eigenvalue weighted by Gasteiger charge is -2.40. The summed E-state index contributed by atoms with van der Waals surface area (Å²) >= 11 is 5.29. The largest absolute Gasteiger partial charge is 0.497 e. The number of fused-ring (bicyclic) bond motifs is 1. The number of halogens is 1. The molecule has 0 bridgehead atoms. The van der Waals surface area contributed by atoms with Crippen LogP contribution in [-0.2, 0) is 0 Å². The molecule has 0 spiro atoms. The molecule has 1 atom stereocenters. The Morgan fingerprint density at radius 2 is 1.57 bits per heavy atom. The summed E-state index contributed by atoms with van der Waals surface area (Å²) in [6.07, 6.45) is 5.45. The molecule has 186 valence electrons. The highest BCUT2D eigenvalue weighted by Crippen LogP contribution is 2.51. The van der Waals surface area contributed by atoms with Gasteiger partial charge < -0.3 is 14.4 Å². The van der Waals surface area contributed by atoms with E-state index in [1.54, 1.807) is 26.0 Å². The minimum atomic E-state index is 0.0814. The van der Waals surface area contributed by atoms with E-state index in [0.29, 0.717) is 0 Å². The lowest BCUT2D eigenvalue weighted by molar-refractivity contribution is 0.413. The van der Waals surface area contributed by atoms with Gasteiger partial charge in [-0.15, -0.1) is 0 Å². The number of benzene rings is 3. The number of thioether (sulfide) groups is 1. The summed E-state index contributed by atoms with van der Waals surface area (Å²) < 4.78 is 11.9. The SMILES string of the molecule is COc1ccc(/C=C2\CCCC3=C2N=C2SC=C(c4ccc(Br)cc4)N2[C@H]3c2ccc(OC)cc2)cc1. The molecule has 0 fully saturated rings. The number of aliphatic imine (C=N–C) groups is 1. The third kappa shape index (κ3) is 4.64. The second-order valence-electron chi connectivity index (χ2n) is 9.24. The zero-order valence-electron chi connectivity index (χ0n) is 20.8. The molecule has 0 saturated heterocycles. The van der Waals surface area contributed by atoms with Gasteiger partial charge in [0.05, 0.1) is 31.7 Å². The van der Waals surface area contributed by atoms with Crippen LogP contribution in [0.25, 0.3) is 11.8 Å². The van der Waals surface area contributed by atoms with Gasteiger partial charge in [0.15, 0.2) is 5.17 Å². The predicted octanol–water partition coefficient (Wildman–Crippen LogP) is 8.45. The first-order valence-electron chi connectivity index (χ1n) is 12.4. The van der Waals surface area contributed by atoms with E-state index in [0.717, 1.165) is 46.1 Å². The molecule has 3 aliphatic rings. The van der Waals surface area contributed by atoms with Gasteiger partial charge in [-0.1, -0.05) is 64.1 Å². The Hall–Kier alpha value is -3.22. The third-order valence-electron chi connectivity index (χ3n) is 7.07. The maximum atomic E-state index is 5.46. The van der Waals surface area contributed by atoms with Crippen molar-refractivity contribution in [2.75, 3.05) is 14.2 Å². The smallest absolute Gasteiger partial charge is 0.174 e. The zero-order chi connectivity index (χ0) is 25.4. The topological polar surface area (TPSA) is 34.1 Å². The van der Waals surface area contributed by atoms with Crippen LogP contribution in [0.2, 0.25) is 0 Å². The quantitative estimate of drug-likeness (QED) is 0.308. The molecule has 1 aliphatic carbocycles. The Morgan fingerprint density at radius 1 is 0.892 bits per heavy atom. The fraction of sp³-hybridized carbons (Fsp3) is 0.194. The standard InChI is InChI=1S/C31H27BrN2O2S/c1-35-25-14-6-20(7-15-25)18-23-4-3-5-27-29(23)33-31-34(30(27)22-10-16-26(36-2)17-11-22)28(19-37-31)21-8-12-24(32)13-9-21/h6-19,30H,3-5H2,1-2H3/b23-18+/t30-/m0/s1. The van der Waals surface area contributed by atoms with Gasteiger partial charge in [-0.05, 0) is 89.6 Å². The van der Waals surface area contributed by atoms with E-state index in [2.05, 4.69) is 93.0 Å². The normalized spacial score (nSPS) is 19.8. The Morgan fingerprint density at radius 3 is 2.24 bits per heavy atom. The van der Waals surface area contributed by atoms with Crippen LogP contribution >= 0.6 is 27.7 Å². The summed E-state index contributed by atoms with van der Waals surface area (Å²) in [7, 11) is 3.41. The van der Waals surface area contributed by atoms with Crippen molar-refractivity contribution in [2.24, 2.45) is 4.99 Å². The molecule has 3 aromatic carbocycles. The van der Waals surface area contributed by atoms with Crippen molar-refractivity contribution < 1.29 is 9.47 Å². The number of amidine groups is 1. The zero-order valence-corrected chi connectivity index (χ0v) is 23.2. The summed E-state index contributed by atoms with van der Waals surface area (Å²) in [6.45, 7) is 0. The Balaban J connectivity index is 1.46. The molecule has 37 heavy (non-hydrogen) atoms. The molecular weight excluding hydrogens is 544 g/mol. The molecule has 0 saturated carbocycles. The number of allylic oxidation sites excluding steroid dienone is 1. The van der Waals surface area contributed by atoms with Crippen LogP contribution in [0.4, 0.5) is 0 Å². The predicted molar refractivity (Wildman–Crippen MR) is 157 cm³/mol. The number of rotatable bonds is 5. The molecule has 6 heteroatoms. The van der Waals surface area contributed by atoms with E-state index < -0.39 is 0 Å². The first-order valence-corrected chi connectivity index (χ1v) is 14.0. The van der Waals surface area contributed by atoms with Crippen molar-refractivity contribution in [2.45, 2.75) is 25.3 Å². The Bertz CT molecular complexity index is 1440. The second kappa shape index (κ2) is 10.3. The maximum absolute atomic E-state index is 5.46. The van der Waals surface area contributed by atoms with Crippen LogP contribution in [-0.4, -0.2) is 24.3 Å².